The zero-order valence-corrected chi connectivity index (χ0v) is 15.1. The predicted octanol–water partition coefficient (Wildman–Crippen LogP) is 2.32. The summed E-state index contributed by atoms with van der Waals surface area (Å²) in [7, 11) is 2.11. The zero-order chi connectivity index (χ0) is 17.8. The van der Waals surface area contributed by atoms with Crippen LogP contribution in [0.5, 0.6) is 0 Å². The molecule has 138 valence electrons. The Balaban J connectivity index is 1.68. The molecule has 0 bridgehead atoms. The number of benzene rings is 1. The molecule has 2 saturated heterocycles. The average Bonchev–Trinajstić information content (AvgIpc) is 3.08. The van der Waals surface area contributed by atoms with Crippen molar-refractivity contribution in [3.05, 3.63) is 29.6 Å². The van der Waals surface area contributed by atoms with E-state index in [9.17, 15) is 9.18 Å². The van der Waals surface area contributed by atoms with Crippen LogP contribution >= 0.6 is 0 Å². The molecule has 2 fully saturated rings. The minimum atomic E-state index is -0.270. The van der Waals surface area contributed by atoms with Gasteiger partial charge < -0.3 is 19.9 Å². The predicted molar refractivity (Wildman–Crippen MR) is 96.3 cm³/mol. The number of ether oxygens (including phenoxy) is 1. The van der Waals surface area contributed by atoms with E-state index in [-0.39, 0.29) is 23.9 Å². The summed E-state index contributed by atoms with van der Waals surface area (Å²) < 4.78 is 19.4. The van der Waals surface area contributed by atoms with E-state index in [2.05, 4.69) is 22.2 Å². The number of nitrogens with zero attached hydrogens (tertiary/aromatic N) is 2. The Morgan fingerprint density at radius 2 is 2.12 bits per heavy atom. The van der Waals surface area contributed by atoms with Gasteiger partial charge in [0.25, 0.3) is 0 Å². The quantitative estimate of drug-likeness (QED) is 0.886. The monoisotopic (exact) mass is 349 g/mol. The molecular weight excluding hydrogens is 321 g/mol. The fourth-order valence-corrected chi connectivity index (χ4v) is 3.60. The van der Waals surface area contributed by atoms with Crippen LogP contribution in [-0.4, -0.2) is 56.7 Å². The van der Waals surface area contributed by atoms with Crippen LogP contribution in [-0.2, 0) is 9.53 Å². The van der Waals surface area contributed by atoms with E-state index in [0.29, 0.717) is 6.42 Å². The lowest BCUT2D eigenvalue weighted by molar-refractivity contribution is -0.123. The van der Waals surface area contributed by atoms with Gasteiger partial charge in [-0.2, -0.15) is 0 Å². The molecule has 1 amide bonds. The van der Waals surface area contributed by atoms with Crippen LogP contribution in [0.1, 0.15) is 37.8 Å². The van der Waals surface area contributed by atoms with Crippen LogP contribution in [0.15, 0.2) is 18.2 Å². The van der Waals surface area contributed by atoms with Gasteiger partial charge in [0, 0.05) is 44.0 Å². The van der Waals surface area contributed by atoms with Gasteiger partial charge in [-0.05, 0) is 45.0 Å². The molecule has 1 N–H and O–H groups in total. The molecule has 6 heteroatoms. The Kier molecular flexibility index (Phi) is 5.91. The highest BCUT2D eigenvalue weighted by Crippen LogP contribution is 2.28. The van der Waals surface area contributed by atoms with Crippen LogP contribution < -0.4 is 10.2 Å². The first-order valence-electron chi connectivity index (χ1n) is 9.17. The number of amides is 1. The molecule has 2 aliphatic rings. The summed E-state index contributed by atoms with van der Waals surface area (Å²) in [5.41, 5.74) is 1.85. The molecule has 2 unspecified atom stereocenters. The molecule has 1 aromatic carbocycles. The Morgan fingerprint density at radius 3 is 2.80 bits per heavy atom. The summed E-state index contributed by atoms with van der Waals surface area (Å²) in [6.45, 7) is 6.44. The van der Waals surface area contributed by atoms with Crippen molar-refractivity contribution >= 4 is 11.6 Å². The first-order chi connectivity index (χ1) is 12.0. The van der Waals surface area contributed by atoms with Gasteiger partial charge in [0.05, 0.1) is 18.6 Å². The first kappa shape index (κ1) is 18.1. The van der Waals surface area contributed by atoms with E-state index >= 15 is 0 Å². The van der Waals surface area contributed by atoms with Gasteiger partial charge in [-0.25, -0.2) is 4.39 Å². The maximum atomic E-state index is 13.8. The smallest absolute Gasteiger partial charge is 0.223 e. The van der Waals surface area contributed by atoms with Crippen molar-refractivity contribution in [1.82, 2.24) is 10.2 Å². The molecule has 1 aromatic rings. The summed E-state index contributed by atoms with van der Waals surface area (Å²) in [6.07, 6.45) is 2.36. The number of carbonyl (C=O) groups excluding carboxylic acids is 1. The lowest BCUT2D eigenvalue weighted by atomic mass is 10.0. The van der Waals surface area contributed by atoms with E-state index in [0.717, 1.165) is 56.9 Å². The fourth-order valence-electron chi connectivity index (χ4n) is 3.60. The number of hydrogen-bond donors (Lipinski definition) is 1. The van der Waals surface area contributed by atoms with E-state index in [1.54, 1.807) is 6.07 Å². The number of carbonyl (C=O) groups is 1. The molecule has 2 heterocycles. The van der Waals surface area contributed by atoms with Crippen molar-refractivity contribution < 1.29 is 13.9 Å². The standard InChI is InChI=1S/C19H28FN3O2/c1-14(21-19(24)13-16-4-3-11-25-16)17-12-15(20)5-6-18(17)23-9-7-22(2)8-10-23/h5-6,12,14,16H,3-4,7-11,13H2,1-2H3,(H,21,24). The highest BCUT2D eigenvalue weighted by atomic mass is 19.1. The third-order valence-electron chi connectivity index (χ3n) is 5.11. The second kappa shape index (κ2) is 8.15. The maximum Gasteiger partial charge on any atom is 0.223 e. The molecule has 0 radical (unpaired) electrons. The molecule has 0 saturated carbocycles. The van der Waals surface area contributed by atoms with Crippen LogP contribution in [0.4, 0.5) is 10.1 Å². The second-order valence-corrected chi connectivity index (χ2v) is 7.12. The van der Waals surface area contributed by atoms with Crippen LogP contribution in [0, 0.1) is 5.82 Å². The van der Waals surface area contributed by atoms with E-state index < -0.39 is 0 Å². The molecule has 3 rings (SSSR count). The summed E-state index contributed by atoms with van der Waals surface area (Å²) in [5, 5.41) is 3.02. The van der Waals surface area contributed by atoms with Crippen LogP contribution in [0.25, 0.3) is 0 Å². The Labute approximate surface area is 149 Å². The van der Waals surface area contributed by atoms with Crippen molar-refractivity contribution in [3.63, 3.8) is 0 Å². The zero-order valence-electron chi connectivity index (χ0n) is 15.1. The topological polar surface area (TPSA) is 44.8 Å². The summed E-state index contributed by atoms with van der Waals surface area (Å²) >= 11 is 0. The van der Waals surface area contributed by atoms with Gasteiger partial charge in [0.15, 0.2) is 0 Å². The third-order valence-corrected chi connectivity index (χ3v) is 5.11. The van der Waals surface area contributed by atoms with Crippen molar-refractivity contribution in [1.29, 1.82) is 0 Å². The number of hydrogen-bond acceptors (Lipinski definition) is 4. The van der Waals surface area contributed by atoms with E-state index in [4.69, 9.17) is 4.74 Å². The molecule has 5 nitrogen and oxygen atoms in total. The van der Waals surface area contributed by atoms with Crippen molar-refractivity contribution in [2.75, 3.05) is 44.7 Å². The van der Waals surface area contributed by atoms with Crippen LogP contribution in [0.3, 0.4) is 0 Å². The van der Waals surface area contributed by atoms with Gasteiger partial charge in [0.1, 0.15) is 5.82 Å². The summed E-state index contributed by atoms with van der Waals surface area (Å²) in [6, 6.07) is 4.64. The molecular formula is C19H28FN3O2. The van der Waals surface area contributed by atoms with Gasteiger partial charge in [0.2, 0.25) is 5.91 Å². The van der Waals surface area contributed by atoms with Gasteiger partial charge in [-0.15, -0.1) is 0 Å². The third kappa shape index (κ3) is 4.70. The molecule has 2 aliphatic heterocycles. The fraction of sp³-hybridized carbons (Fsp3) is 0.632. The molecule has 2 atom stereocenters. The van der Waals surface area contributed by atoms with Gasteiger partial charge >= 0.3 is 0 Å². The van der Waals surface area contributed by atoms with Crippen molar-refractivity contribution in [3.8, 4) is 0 Å². The Hall–Kier alpha value is -1.66. The van der Waals surface area contributed by atoms with Gasteiger partial charge in [-0.1, -0.05) is 0 Å². The van der Waals surface area contributed by atoms with Gasteiger partial charge in [-0.3, -0.25) is 4.79 Å². The number of rotatable bonds is 5. The molecule has 25 heavy (non-hydrogen) atoms. The number of halogens is 1. The largest absolute Gasteiger partial charge is 0.378 e. The van der Waals surface area contributed by atoms with Crippen molar-refractivity contribution in [2.45, 2.75) is 38.3 Å². The minimum Gasteiger partial charge on any atom is -0.378 e. The van der Waals surface area contributed by atoms with Crippen LogP contribution in [0.2, 0.25) is 0 Å². The number of likely N-dealkylation sites (N-methyl/N-ethyl adjacent to an activating group) is 1. The Bertz CT molecular complexity index is 596. The average molecular weight is 349 g/mol. The maximum absolute atomic E-state index is 13.8. The first-order valence-corrected chi connectivity index (χ1v) is 9.17. The summed E-state index contributed by atoms with van der Waals surface area (Å²) in [4.78, 5) is 16.9. The number of anilines is 1. The molecule has 0 spiro atoms. The lowest BCUT2D eigenvalue weighted by Crippen LogP contribution is -2.45. The SMILES string of the molecule is CC(NC(=O)CC1CCCO1)c1cc(F)ccc1N1CCN(C)CC1. The normalized spacial score (nSPS) is 22.8. The number of nitrogens with one attached hydrogen (secondary N) is 1. The summed E-state index contributed by atoms with van der Waals surface area (Å²) in [5.74, 6) is -0.305. The second-order valence-electron chi connectivity index (χ2n) is 7.12. The minimum absolute atomic E-state index is 0.0248. The van der Waals surface area contributed by atoms with E-state index in [1.807, 2.05) is 13.0 Å². The van der Waals surface area contributed by atoms with E-state index in [1.165, 1.54) is 6.07 Å². The molecule has 0 aliphatic carbocycles. The molecule has 0 aromatic heterocycles. The highest BCUT2D eigenvalue weighted by molar-refractivity contribution is 5.77. The Morgan fingerprint density at radius 1 is 1.36 bits per heavy atom. The highest BCUT2D eigenvalue weighted by Gasteiger charge is 2.23. The van der Waals surface area contributed by atoms with Crippen molar-refractivity contribution in [2.24, 2.45) is 0 Å². The number of piperazine rings is 1. The lowest BCUT2D eigenvalue weighted by Gasteiger charge is -2.36.